The van der Waals surface area contributed by atoms with Gasteiger partial charge in [0.1, 0.15) is 0 Å². The summed E-state index contributed by atoms with van der Waals surface area (Å²) >= 11 is 3.41. The van der Waals surface area contributed by atoms with Crippen molar-refractivity contribution < 1.29 is 8.42 Å². The molecule has 0 saturated heterocycles. The summed E-state index contributed by atoms with van der Waals surface area (Å²) < 4.78 is 22.8. The lowest BCUT2D eigenvalue weighted by atomic mass is 10.1. The van der Waals surface area contributed by atoms with E-state index in [0.29, 0.717) is 30.7 Å². The molecular formula is C10H22BrNO2S. The van der Waals surface area contributed by atoms with Gasteiger partial charge in [0.15, 0.2) is 9.84 Å². The fourth-order valence-electron chi connectivity index (χ4n) is 1.19. The number of hydrogen-bond acceptors (Lipinski definition) is 3. The molecule has 0 saturated carbocycles. The fraction of sp³-hybridized carbons (Fsp3) is 1.00. The molecular weight excluding hydrogens is 278 g/mol. The highest BCUT2D eigenvalue weighted by atomic mass is 79.9. The molecule has 0 bridgehead atoms. The summed E-state index contributed by atoms with van der Waals surface area (Å²) in [7, 11) is -2.83. The van der Waals surface area contributed by atoms with Crippen molar-refractivity contribution in [2.24, 2.45) is 5.92 Å². The van der Waals surface area contributed by atoms with E-state index in [1.165, 1.54) is 0 Å². The van der Waals surface area contributed by atoms with Gasteiger partial charge in [0.25, 0.3) is 0 Å². The molecule has 0 fully saturated rings. The van der Waals surface area contributed by atoms with Gasteiger partial charge in [-0.2, -0.15) is 0 Å². The van der Waals surface area contributed by atoms with Crippen LogP contribution in [0.1, 0.15) is 27.2 Å². The topological polar surface area (TPSA) is 46.2 Å². The molecule has 0 radical (unpaired) electrons. The lowest BCUT2D eigenvalue weighted by Gasteiger charge is -2.19. The molecule has 0 amide bonds. The van der Waals surface area contributed by atoms with Gasteiger partial charge in [0, 0.05) is 23.7 Å². The Labute approximate surface area is 102 Å². The molecule has 0 aliphatic rings. The van der Waals surface area contributed by atoms with Crippen LogP contribution in [0.2, 0.25) is 0 Å². The zero-order valence-corrected chi connectivity index (χ0v) is 12.2. The Kier molecular flexibility index (Phi) is 7.83. The summed E-state index contributed by atoms with van der Waals surface area (Å²) in [4.78, 5) is 0. The maximum atomic E-state index is 11.4. The van der Waals surface area contributed by atoms with Gasteiger partial charge in [-0.25, -0.2) is 8.42 Å². The van der Waals surface area contributed by atoms with Crippen molar-refractivity contribution in [2.45, 2.75) is 33.2 Å². The van der Waals surface area contributed by atoms with Crippen molar-refractivity contribution >= 4 is 25.8 Å². The van der Waals surface area contributed by atoms with Gasteiger partial charge in [-0.05, 0) is 19.3 Å². The third-order valence-corrected chi connectivity index (χ3v) is 5.37. The maximum absolute atomic E-state index is 11.4. The predicted octanol–water partition coefficient (Wildman–Crippen LogP) is 1.82. The van der Waals surface area contributed by atoms with Crippen LogP contribution in [0.5, 0.6) is 0 Å². The third kappa shape index (κ3) is 7.30. The first-order valence-corrected chi connectivity index (χ1v) is 8.37. The first kappa shape index (κ1) is 15.4. The average molecular weight is 300 g/mol. The maximum Gasteiger partial charge on any atom is 0.151 e. The average Bonchev–Trinajstić information content (AvgIpc) is 2.15. The van der Waals surface area contributed by atoms with Crippen LogP contribution in [0.15, 0.2) is 0 Å². The van der Waals surface area contributed by atoms with Gasteiger partial charge >= 0.3 is 0 Å². The van der Waals surface area contributed by atoms with Gasteiger partial charge in [0.05, 0.1) is 5.75 Å². The summed E-state index contributed by atoms with van der Waals surface area (Å²) in [6, 6.07) is 0.348. The van der Waals surface area contributed by atoms with E-state index in [2.05, 4.69) is 35.1 Å². The SMILES string of the molecule is CCCS(=O)(=O)CCNC(C)C(C)CBr. The summed E-state index contributed by atoms with van der Waals surface area (Å²) in [6.45, 7) is 6.66. The van der Waals surface area contributed by atoms with Gasteiger partial charge in [-0.1, -0.05) is 29.8 Å². The third-order valence-electron chi connectivity index (χ3n) is 2.49. The van der Waals surface area contributed by atoms with Crippen LogP contribution in [0.4, 0.5) is 0 Å². The molecule has 2 unspecified atom stereocenters. The minimum Gasteiger partial charge on any atom is -0.313 e. The molecule has 5 heteroatoms. The van der Waals surface area contributed by atoms with E-state index in [9.17, 15) is 8.42 Å². The van der Waals surface area contributed by atoms with Crippen LogP contribution in [-0.2, 0) is 9.84 Å². The van der Waals surface area contributed by atoms with Gasteiger partial charge in [-0.3, -0.25) is 0 Å². The standard InChI is InChI=1S/C10H22BrNO2S/c1-4-6-15(13,14)7-5-12-10(3)9(2)8-11/h9-10,12H,4-8H2,1-3H3. The molecule has 0 aliphatic heterocycles. The van der Waals surface area contributed by atoms with Crippen molar-refractivity contribution in [3.05, 3.63) is 0 Å². The summed E-state index contributed by atoms with van der Waals surface area (Å²) in [5, 5.41) is 4.17. The molecule has 0 rings (SSSR count). The number of nitrogens with one attached hydrogen (secondary N) is 1. The van der Waals surface area contributed by atoms with E-state index >= 15 is 0 Å². The highest BCUT2D eigenvalue weighted by molar-refractivity contribution is 9.09. The van der Waals surface area contributed by atoms with Crippen molar-refractivity contribution in [1.29, 1.82) is 0 Å². The fourth-order valence-corrected chi connectivity index (χ4v) is 3.01. The van der Waals surface area contributed by atoms with Crippen molar-refractivity contribution in [3.63, 3.8) is 0 Å². The predicted molar refractivity (Wildman–Crippen MR) is 69.4 cm³/mol. The normalized spacial score (nSPS) is 16.3. The lowest BCUT2D eigenvalue weighted by molar-refractivity contribution is 0.444. The van der Waals surface area contributed by atoms with E-state index in [0.717, 1.165) is 5.33 Å². The van der Waals surface area contributed by atoms with Crippen LogP contribution in [0.25, 0.3) is 0 Å². The Morgan fingerprint density at radius 2 is 1.87 bits per heavy atom. The monoisotopic (exact) mass is 299 g/mol. The Morgan fingerprint density at radius 1 is 1.27 bits per heavy atom. The first-order chi connectivity index (χ1) is 6.93. The van der Waals surface area contributed by atoms with E-state index in [4.69, 9.17) is 0 Å². The highest BCUT2D eigenvalue weighted by Gasteiger charge is 2.12. The van der Waals surface area contributed by atoms with Crippen molar-refractivity contribution in [2.75, 3.05) is 23.4 Å². The second kappa shape index (κ2) is 7.63. The minimum atomic E-state index is -2.83. The summed E-state index contributed by atoms with van der Waals surface area (Å²) in [5.74, 6) is 1.07. The van der Waals surface area contributed by atoms with Crippen LogP contribution in [0.3, 0.4) is 0 Å². The second-order valence-corrected chi connectivity index (χ2v) is 6.98. The molecule has 0 aromatic carbocycles. The largest absolute Gasteiger partial charge is 0.313 e. The van der Waals surface area contributed by atoms with Gasteiger partial charge < -0.3 is 5.32 Å². The van der Waals surface area contributed by atoms with Crippen LogP contribution in [0, 0.1) is 5.92 Å². The van der Waals surface area contributed by atoms with E-state index in [1.807, 2.05) is 6.92 Å². The first-order valence-electron chi connectivity index (χ1n) is 5.42. The van der Waals surface area contributed by atoms with Crippen LogP contribution >= 0.6 is 15.9 Å². The van der Waals surface area contributed by atoms with E-state index < -0.39 is 9.84 Å². The summed E-state index contributed by atoms with van der Waals surface area (Å²) in [5.41, 5.74) is 0. The van der Waals surface area contributed by atoms with Crippen molar-refractivity contribution in [3.8, 4) is 0 Å². The number of halogens is 1. The second-order valence-electron chi connectivity index (χ2n) is 4.03. The molecule has 92 valence electrons. The van der Waals surface area contributed by atoms with Crippen molar-refractivity contribution in [1.82, 2.24) is 5.32 Å². The summed E-state index contributed by atoms with van der Waals surface area (Å²) in [6.07, 6.45) is 0.704. The number of sulfone groups is 1. The number of rotatable bonds is 8. The molecule has 15 heavy (non-hydrogen) atoms. The molecule has 0 spiro atoms. The Hall–Kier alpha value is 0.390. The zero-order chi connectivity index (χ0) is 11.9. The number of alkyl halides is 1. The Morgan fingerprint density at radius 3 is 2.33 bits per heavy atom. The van der Waals surface area contributed by atoms with Crippen LogP contribution < -0.4 is 5.32 Å². The highest BCUT2D eigenvalue weighted by Crippen LogP contribution is 2.05. The molecule has 3 nitrogen and oxygen atoms in total. The molecule has 0 aliphatic carbocycles. The molecule has 1 N–H and O–H groups in total. The Bertz CT molecular complexity index is 254. The lowest BCUT2D eigenvalue weighted by Crippen LogP contribution is -2.36. The molecule has 2 atom stereocenters. The van der Waals surface area contributed by atoms with Crippen LogP contribution in [-0.4, -0.2) is 37.8 Å². The quantitative estimate of drug-likeness (QED) is 0.696. The minimum absolute atomic E-state index is 0.250. The molecule has 0 heterocycles. The van der Waals surface area contributed by atoms with E-state index in [-0.39, 0.29) is 5.75 Å². The van der Waals surface area contributed by atoms with E-state index in [1.54, 1.807) is 0 Å². The van der Waals surface area contributed by atoms with Gasteiger partial charge in [0.2, 0.25) is 0 Å². The zero-order valence-electron chi connectivity index (χ0n) is 9.79. The van der Waals surface area contributed by atoms with Gasteiger partial charge in [-0.15, -0.1) is 0 Å². The Balaban J connectivity index is 3.79. The molecule has 0 aromatic heterocycles. The number of hydrogen-bond donors (Lipinski definition) is 1. The smallest absolute Gasteiger partial charge is 0.151 e. The molecule has 0 aromatic rings.